The summed E-state index contributed by atoms with van der Waals surface area (Å²) in [5.41, 5.74) is 1.91. The van der Waals surface area contributed by atoms with Gasteiger partial charge in [0.15, 0.2) is 5.76 Å². The summed E-state index contributed by atoms with van der Waals surface area (Å²) in [7, 11) is 0. The van der Waals surface area contributed by atoms with Crippen molar-refractivity contribution in [2.45, 2.75) is 0 Å². The summed E-state index contributed by atoms with van der Waals surface area (Å²) in [6, 6.07) is 19.0. The van der Waals surface area contributed by atoms with E-state index in [0.29, 0.717) is 37.8 Å². The number of nitrogens with one attached hydrogen (secondary N) is 1. The SMILES string of the molecule is O=C(C=Cc1ccc(Cl)cc1Cl)Nc1c(C(=O)c2ccc(Br)cc2)oc2ccccc12. The summed E-state index contributed by atoms with van der Waals surface area (Å²) in [4.78, 5) is 25.7. The molecule has 1 aromatic heterocycles. The van der Waals surface area contributed by atoms with Crippen LogP contribution in [-0.4, -0.2) is 11.7 Å². The summed E-state index contributed by atoms with van der Waals surface area (Å²) < 4.78 is 6.66. The first-order valence-corrected chi connectivity index (χ1v) is 10.7. The second kappa shape index (κ2) is 9.10. The van der Waals surface area contributed by atoms with Gasteiger partial charge in [0.1, 0.15) is 5.58 Å². The van der Waals surface area contributed by atoms with Crippen LogP contribution in [0.2, 0.25) is 10.0 Å². The largest absolute Gasteiger partial charge is 0.450 e. The fourth-order valence-electron chi connectivity index (χ4n) is 3.03. The van der Waals surface area contributed by atoms with E-state index < -0.39 is 5.91 Å². The van der Waals surface area contributed by atoms with Crippen molar-refractivity contribution in [1.29, 1.82) is 0 Å². The molecule has 0 fully saturated rings. The molecule has 0 unspecified atom stereocenters. The van der Waals surface area contributed by atoms with Crippen LogP contribution in [0, 0.1) is 0 Å². The Kier molecular flexibility index (Phi) is 6.28. The average molecular weight is 515 g/mol. The molecule has 31 heavy (non-hydrogen) atoms. The van der Waals surface area contributed by atoms with Crippen LogP contribution in [0.25, 0.3) is 17.0 Å². The first-order valence-electron chi connectivity index (χ1n) is 9.18. The number of para-hydroxylation sites is 1. The summed E-state index contributed by atoms with van der Waals surface area (Å²) >= 11 is 15.4. The van der Waals surface area contributed by atoms with Gasteiger partial charge >= 0.3 is 0 Å². The fraction of sp³-hybridized carbons (Fsp3) is 0. The van der Waals surface area contributed by atoms with Gasteiger partial charge < -0.3 is 9.73 Å². The number of carbonyl (C=O) groups is 2. The van der Waals surface area contributed by atoms with Gasteiger partial charge in [0.05, 0.1) is 5.69 Å². The van der Waals surface area contributed by atoms with Crippen LogP contribution in [0.3, 0.4) is 0 Å². The van der Waals surface area contributed by atoms with Gasteiger partial charge in [-0.1, -0.05) is 57.3 Å². The lowest BCUT2D eigenvalue weighted by Gasteiger charge is -2.04. The molecule has 0 aliphatic carbocycles. The first kappa shape index (κ1) is 21.4. The third-order valence-electron chi connectivity index (χ3n) is 4.53. The van der Waals surface area contributed by atoms with Gasteiger partial charge in [-0.25, -0.2) is 0 Å². The third-order valence-corrected chi connectivity index (χ3v) is 5.62. The molecule has 0 spiro atoms. The molecule has 1 N–H and O–H groups in total. The van der Waals surface area contributed by atoms with Crippen molar-refractivity contribution in [1.82, 2.24) is 0 Å². The van der Waals surface area contributed by atoms with E-state index >= 15 is 0 Å². The zero-order chi connectivity index (χ0) is 22.0. The van der Waals surface area contributed by atoms with Gasteiger partial charge in [-0.15, -0.1) is 0 Å². The Morgan fingerprint density at radius 1 is 0.968 bits per heavy atom. The lowest BCUT2D eigenvalue weighted by atomic mass is 10.1. The Bertz CT molecular complexity index is 1330. The van der Waals surface area contributed by atoms with E-state index in [1.807, 2.05) is 6.07 Å². The van der Waals surface area contributed by atoms with Crippen LogP contribution in [0.4, 0.5) is 5.69 Å². The molecular weight excluding hydrogens is 501 g/mol. The van der Waals surface area contributed by atoms with Gasteiger partial charge in [0, 0.05) is 31.5 Å². The summed E-state index contributed by atoms with van der Waals surface area (Å²) in [5.74, 6) is -0.694. The van der Waals surface area contributed by atoms with E-state index in [-0.39, 0.29) is 11.5 Å². The molecule has 0 saturated heterocycles. The molecule has 0 saturated carbocycles. The second-order valence-corrected chi connectivity index (χ2v) is 8.39. The zero-order valence-electron chi connectivity index (χ0n) is 15.9. The highest BCUT2D eigenvalue weighted by Gasteiger charge is 2.23. The highest BCUT2D eigenvalue weighted by Crippen LogP contribution is 2.33. The molecule has 0 aliphatic heterocycles. The molecule has 7 heteroatoms. The molecule has 0 atom stereocenters. The van der Waals surface area contributed by atoms with Crippen molar-refractivity contribution in [3.05, 3.63) is 104 Å². The number of halogens is 3. The number of rotatable bonds is 5. The van der Waals surface area contributed by atoms with E-state index in [4.69, 9.17) is 27.6 Å². The molecule has 4 aromatic rings. The van der Waals surface area contributed by atoms with Crippen molar-refractivity contribution < 1.29 is 14.0 Å². The third kappa shape index (κ3) is 4.74. The van der Waals surface area contributed by atoms with Gasteiger partial charge in [-0.3, -0.25) is 9.59 Å². The fourth-order valence-corrected chi connectivity index (χ4v) is 3.76. The molecule has 0 bridgehead atoms. The van der Waals surface area contributed by atoms with Gasteiger partial charge in [0.2, 0.25) is 11.7 Å². The molecule has 0 aliphatic rings. The minimum absolute atomic E-state index is 0.0646. The van der Waals surface area contributed by atoms with Crippen molar-refractivity contribution in [3.8, 4) is 0 Å². The summed E-state index contributed by atoms with van der Waals surface area (Å²) in [6.45, 7) is 0. The van der Waals surface area contributed by atoms with Crippen molar-refractivity contribution in [3.63, 3.8) is 0 Å². The monoisotopic (exact) mass is 513 g/mol. The van der Waals surface area contributed by atoms with Crippen LogP contribution >= 0.6 is 39.1 Å². The standard InChI is InChI=1S/C24H14BrCl2NO3/c25-16-9-5-15(6-10-16)23(30)24-22(18-3-1-2-4-20(18)31-24)28-21(29)12-8-14-7-11-17(26)13-19(14)27/h1-13H,(H,28,29). The number of benzene rings is 3. The molecule has 154 valence electrons. The quantitative estimate of drug-likeness (QED) is 0.223. The maximum atomic E-state index is 13.1. The van der Waals surface area contributed by atoms with Gasteiger partial charge in [-0.2, -0.15) is 0 Å². The Labute approximate surface area is 196 Å². The average Bonchev–Trinajstić information content (AvgIpc) is 3.11. The molecule has 1 amide bonds. The molecule has 0 radical (unpaired) electrons. The number of hydrogen-bond acceptors (Lipinski definition) is 3. The Morgan fingerprint density at radius 3 is 2.45 bits per heavy atom. The number of hydrogen-bond donors (Lipinski definition) is 1. The van der Waals surface area contributed by atoms with Crippen LogP contribution in [0.5, 0.6) is 0 Å². The number of fused-ring (bicyclic) bond motifs is 1. The van der Waals surface area contributed by atoms with Gasteiger partial charge in [0.25, 0.3) is 0 Å². The van der Waals surface area contributed by atoms with Crippen molar-refractivity contribution >= 4 is 73.6 Å². The summed E-state index contributed by atoms with van der Waals surface area (Å²) in [6.07, 6.45) is 2.91. The van der Waals surface area contributed by atoms with E-state index in [1.54, 1.807) is 66.7 Å². The van der Waals surface area contributed by atoms with Crippen LogP contribution < -0.4 is 5.32 Å². The second-order valence-electron chi connectivity index (χ2n) is 6.63. The normalized spacial score (nSPS) is 11.2. The molecule has 4 rings (SSSR count). The minimum atomic E-state index is -0.428. The first-order chi connectivity index (χ1) is 14.9. The number of anilines is 1. The molecule has 4 nitrogen and oxygen atoms in total. The number of amides is 1. The highest BCUT2D eigenvalue weighted by atomic mass is 79.9. The minimum Gasteiger partial charge on any atom is -0.450 e. The molecule has 3 aromatic carbocycles. The smallest absolute Gasteiger partial charge is 0.248 e. The number of furan rings is 1. The summed E-state index contributed by atoms with van der Waals surface area (Å²) in [5, 5.41) is 4.35. The zero-order valence-corrected chi connectivity index (χ0v) is 19.0. The van der Waals surface area contributed by atoms with Crippen LogP contribution in [0.15, 0.2) is 81.7 Å². The van der Waals surface area contributed by atoms with E-state index in [2.05, 4.69) is 21.2 Å². The Morgan fingerprint density at radius 2 is 1.71 bits per heavy atom. The lowest BCUT2D eigenvalue weighted by molar-refractivity contribution is -0.111. The van der Waals surface area contributed by atoms with Crippen molar-refractivity contribution in [2.24, 2.45) is 0 Å². The van der Waals surface area contributed by atoms with Gasteiger partial charge in [-0.05, 0) is 60.2 Å². The molecule has 1 heterocycles. The topological polar surface area (TPSA) is 59.3 Å². The van der Waals surface area contributed by atoms with Crippen LogP contribution in [-0.2, 0) is 4.79 Å². The highest BCUT2D eigenvalue weighted by molar-refractivity contribution is 9.10. The predicted octanol–water partition coefficient (Wildman–Crippen LogP) is 7.39. The molecular formula is C24H14BrCl2NO3. The predicted molar refractivity (Wildman–Crippen MR) is 128 cm³/mol. The van der Waals surface area contributed by atoms with E-state index in [9.17, 15) is 9.59 Å². The Hall–Kier alpha value is -2.86. The maximum Gasteiger partial charge on any atom is 0.248 e. The number of carbonyl (C=O) groups excluding carboxylic acids is 2. The maximum absolute atomic E-state index is 13.1. The lowest BCUT2D eigenvalue weighted by Crippen LogP contribution is -2.11. The van der Waals surface area contributed by atoms with E-state index in [0.717, 1.165) is 4.47 Å². The van der Waals surface area contributed by atoms with E-state index in [1.165, 1.54) is 6.08 Å². The van der Waals surface area contributed by atoms with Crippen molar-refractivity contribution in [2.75, 3.05) is 5.32 Å². The Balaban J connectivity index is 1.67. The number of ketones is 1. The van der Waals surface area contributed by atoms with Crippen LogP contribution in [0.1, 0.15) is 21.7 Å².